The van der Waals surface area contributed by atoms with Crippen LogP contribution in [0.1, 0.15) is 34.5 Å². The molecule has 1 aliphatic rings. The lowest BCUT2D eigenvalue weighted by atomic mass is 10.1. The van der Waals surface area contributed by atoms with Gasteiger partial charge in [-0.05, 0) is 30.2 Å². The highest BCUT2D eigenvalue weighted by Gasteiger charge is 2.14. The maximum atomic E-state index is 12.5. The fraction of sp³-hybridized carbons (Fsp3) is 0.350. The first-order valence-corrected chi connectivity index (χ1v) is 8.47. The van der Waals surface area contributed by atoms with Crippen molar-refractivity contribution in [2.75, 3.05) is 26.3 Å². The van der Waals surface area contributed by atoms with Crippen LogP contribution in [0.5, 0.6) is 0 Å². The van der Waals surface area contributed by atoms with Crippen molar-refractivity contribution in [3.63, 3.8) is 0 Å². The number of carbonyl (C=O) groups is 1. The lowest BCUT2D eigenvalue weighted by Crippen LogP contribution is -2.35. The highest BCUT2D eigenvalue weighted by molar-refractivity contribution is 5.94. The molecule has 1 fully saturated rings. The van der Waals surface area contributed by atoms with E-state index in [2.05, 4.69) is 16.3 Å². The molecule has 2 aromatic rings. The average molecular weight is 324 g/mol. The van der Waals surface area contributed by atoms with E-state index < -0.39 is 0 Å². The quantitative estimate of drug-likeness (QED) is 0.919. The van der Waals surface area contributed by atoms with Crippen LogP contribution in [0.25, 0.3) is 0 Å². The molecule has 1 amide bonds. The summed E-state index contributed by atoms with van der Waals surface area (Å²) in [7, 11) is 0. The minimum absolute atomic E-state index is 0.0124. The van der Waals surface area contributed by atoms with Crippen LogP contribution in [0.15, 0.2) is 54.6 Å². The molecule has 0 spiro atoms. The van der Waals surface area contributed by atoms with Crippen molar-refractivity contribution < 1.29 is 9.53 Å². The Hall–Kier alpha value is -2.17. The van der Waals surface area contributed by atoms with Crippen LogP contribution < -0.4 is 5.32 Å². The topological polar surface area (TPSA) is 41.6 Å². The Morgan fingerprint density at radius 2 is 1.88 bits per heavy atom. The fourth-order valence-electron chi connectivity index (χ4n) is 2.93. The third kappa shape index (κ3) is 4.43. The molecule has 1 N–H and O–H groups in total. The Morgan fingerprint density at radius 1 is 1.12 bits per heavy atom. The first kappa shape index (κ1) is 16.7. The van der Waals surface area contributed by atoms with Gasteiger partial charge in [0.1, 0.15) is 0 Å². The number of benzene rings is 2. The van der Waals surface area contributed by atoms with Crippen molar-refractivity contribution in [3.8, 4) is 0 Å². The van der Waals surface area contributed by atoms with Crippen LogP contribution in [0.3, 0.4) is 0 Å². The van der Waals surface area contributed by atoms with Crippen LogP contribution in [0.2, 0.25) is 0 Å². The average Bonchev–Trinajstić information content (AvgIpc) is 2.63. The van der Waals surface area contributed by atoms with E-state index in [0.29, 0.717) is 5.56 Å². The van der Waals surface area contributed by atoms with E-state index in [1.54, 1.807) is 0 Å². The van der Waals surface area contributed by atoms with Crippen molar-refractivity contribution in [2.45, 2.75) is 19.5 Å². The first-order valence-electron chi connectivity index (χ1n) is 8.47. The number of rotatable bonds is 5. The molecule has 0 saturated carbocycles. The van der Waals surface area contributed by atoms with Crippen LogP contribution in [0, 0.1) is 0 Å². The van der Waals surface area contributed by atoms with Gasteiger partial charge in [-0.3, -0.25) is 9.69 Å². The summed E-state index contributed by atoms with van der Waals surface area (Å²) in [6, 6.07) is 17.9. The van der Waals surface area contributed by atoms with Gasteiger partial charge in [0.15, 0.2) is 0 Å². The largest absolute Gasteiger partial charge is 0.379 e. The summed E-state index contributed by atoms with van der Waals surface area (Å²) in [4.78, 5) is 14.9. The lowest BCUT2D eigenvalue weighted by molar-refractivity contribution is 0.0342. The van der Waals surface area contributed by atoms with E-state index >= 15 is 0 Å². The molecule has 0 bridgehead atoms. The summed E-state index contributed by atoms with van der Waals surface area (Å²) >= 11 is 0. The second-order valence-electron chi connectivity index (χ2n) is 6.19. The molecule has 0 aromatic heterocycles. The van der Waals surface area contributed by atoms with Crippen LogP contribution in [-0.4, -0.2) is 37.1 Å². The molecule has 1 atom stereocenters. The predicted octanol–water partition coefficient (Wildman–Crippen LogP) is 3.01. The standard InChI is InChI=1S/C20H24N2O2/c1-16(18-7-3-2-4-8-18)21-20(23)19-9-5-6-17(14-19)15-22-10-12-24-13-11-22/h2-9,14,16H,10-13,15H2,1H3,(H,21,23)/t16-/m1/s1. The Bertz CT molecular complexity index is 666. The predicted molar refractivity (Wildman–Crippen MR) is 94.9 cm³/mol. The molecule has 1 aliphatic heterocycles. The zero-order chi connectivity index (χ0) is 16.8. The molecule has 1 heterocycles. The van der Waals surface area contributed by atoms with Crippen molar-refractivity contribution in [3.05, 3.63) is 71.3 Å². The minimum Gasteiger partial charge on any atom is -0.379 e. The molecule has 126 valence electrons. The summed E-state index contributed by atoms with van der Waals surface area (Å²) in [6.45, 7) is 6.33. The molecule has 4 nitrogen and oxygen atoms in total. The van der Waals surface area contributed by atoms with E-state index in [1.807, 2.05) is 55.5 Å². The van der Waals surface area contributed by atoms with Crippen LogP contribution in [0.4, 0.5) is 0 Å². The Morgan fingerprint density at radius 3 is 2.62 bits per heavy atom. The number of hydrogen-bond donors (Lipinski definition) is 1. The monoisotopic (exact) mass is 324 g/mol. The molecule has 4 heteroatoms. The Labute approximate surface area is 143 Å². The van der Waals surface area contributed by atoms with Gasteiger partial charge in [0.2, 0.25) is 0 Å². The van der Waals surface area contributed by atoms with Crippen molar-refractivity contribution >= 4 is 5.91 Å². The number of ether oxygens (including phenoxy) is 1. The maximum absolute atomic E-state index is 12.5. The fourth-order valence-corrected chi connectivity index (χ4v) is 2.93. The molecule has 2 aromatic carbocycles. The molecule has 0 unspecified atom stereocenters. The van der Waals surface area contributed by atoms with E-state index in [1.165, 1.54) is 0 Å². The third-order valence-electron chi connectivity index (χ3n) is 4.35. The number of amides is 1. The lowest BCUT2D eigenvalue weighted by Gasteiger charge is -2.26. The van der Waals surface area contributed by atoms with Gasteiger partial charge < -0.3 is 10.1 Å². The first-order chi connectivity index (χ1) is 11.7. The smallest absolute Gasteiger partial charge is 0.251 e. The number of carbonyl (C=O) groups excluding carboxylic acids is 1. The second kappa shape index (κ2) is 8.08. The van der Waals surface area contributed by atoms with E-state index in [0.717, 1.165) is 44.0 Å². The molecule has 24 heavy (non-hydrogen) atoms. The zero-order valence-corrected chi connectivity index (χ0v) is 14.1. The number of nitrogens with zero attached hydrogens (tertiary/aromatic N) is 1. The molecule has 3 rings (SSSR count). The van der Waals surface area contributed by atoms with Gasteiger partial charge in [0, 0.05) is 25.2 Å². The van der Waals surface area contributed by atoms with E-state index in [9.17, 15) is 4.79 Å². The maximum Gasteiger partial charge on any atom is 0.251 e. The highest BCUT2D eigenvalue weighted by atomic mass is 16.5. The Balaban J connectivity index is 1.63. The minimum atomic E-state index is -0.0322. The molecule has 0 radical (unpaired) electrons. The normalized spacial score (nSPS) is 16.5. The molecular weight excluding hydrogens is 300 g/mol. The molecule has 1 saturated heterocycles. The highest BCUT2D eigenvalue weighted by Crippen LogP contribution is 2.14. The Kier molecular flexibility index (Phi) is 5.62. The summed E-state index contributed by atoms with van der Waals surface area (Å²) in [5, 5.41) is 3.07. The van der Waals surface area contributed by atoms with Gasteiger partial charge in [0.05, 0.1) is 19.3 Å². The van der Waals surface area contributed by atoms with Crippen molar-refractivity contribution in [1.82, 2.24) is 10.2 Å². The number of hydrogen-bond acceptors (Lipinski definition) is 3. The van der Waals surface area contributed by atoms with Gasteiger partial charge in [-0.25, -0.2) is 0 Å². The van der Waals surface area contributed by atoms with Gasteiger partial charge >= 0.3 is 0 Å². The summed E-state index contributed by atoms with van der Waals surface area (Å²) < 4.78 is 5.38. The van der Waals surface area contributed by atoms with Gasteiger partial charge in [-0.2, -0.15) is 0 Å². The zero-order valence-electron chi connectivity index (χ0n) is 14.1. The third-order valence-corrected chi connectivity index (χ3v) is 4.35. The SMILES string of the molecule is C[C@@H](NC(=O)c1cccc(CN2CCOCC2)c1)c1ccccc1. The summed E-state index contributed by atoms with van der Waals surface area (Å²) in [5.41, 5.74) is 2.98. The van der Waals surface area contributed by atoms with E-state index in [-0.39, 0.29) is 11.9 Å². The van der Waals surface area contributed by atoms with Gasteiger partial charge in [0.25, 0.3) is 5.91 Å². The number of morpholine rings is 1. The van der Waals surface area contributed by atoms with Gasteiger partial charge in [-0.1, -0.05) is 42.5 Å². The van der Waals surface area contributed by atoms with Crippen LogP contribution in [-0.2, 0) is 11.3 Å². The van der Waals surface area contributed by atoms with E-state index in [4.69, 9.17) is 4.74 Å². The second-order valence-corrected chi connectivity index (χ2v) is 6.19. The summed E-state index contributed by atoms with van der Waals surface area (Å²) in [6.07, 6.45) is 0. The van der Waals surface area contributed by atoms with Gasteiger partial charge in [-0.15, -0.1) is 0 Å². The molecule has 0 aliphatic carbocycles. The summed E-state index contributed by atoms with van der Waals surface area (Å²) in [5.74, 6) is -0.0322. The van der Waals surface area contributed by atoms with Crippen molar-refractivity contribution in [1.29, 1.82) is 0 Å². The number of nitrogens with one attached hydrogen (secondary N) is 1. The molecular formula is C20H24N2O2. The van der Waals surface area contributed by atoms with Crippen molar-refractivity contribution in [2.24, 2.45) is 0 Å². The van der Waals surface area contributed by atoms with Crippen LogP contribution >= 0.6 is 0 Å².